The molecule has 0 saturated heterocycles. The number of thiol groups is 1. The van der Waals surface area contributed by atoms with Gasteiger partial charge < -0.3 is 31.8 Å². The zero-order chi connectivity index (χ0) is 24.3. The van der Waals surface area contributed by atoms with Crippen molar-refractivity contribution in [1.82, 2.24) is 25.9 Å². The Morgan fingerprint density at radius 1 is 1.12 bits per heavy atom. The van der Waals surface area contributed by atoms with Gasteiger partial charge in [0, 0.05) is 24.1 Å². The molecule has 0 bridgehead atoms. The molecule has 1 aromatic rings. The van der Waals surface area contributed by atoms with E-state index >= 15 is 0 Å². The van der Waals surface area contributed by atoms with Crippen LogP contribution in [0.4, 0.5) is 0 Å². The van der Waals surface area contributed by atoms with Crippen LogP contribution in [0.3, 0.4) is 0 Å². The van der Waals surface area contributed by atoms with Crippen molar-refractivity contribution in [1.29, 1.82) is 0 Å². The predicted octanol–water partition coefficient (Wildman–Crippen LogP) is -0.843. The highest BCUT2D eigenvalue weighted by Crippen LogP contribution is 2.06. The first-order valence-electron chi connectivity index (χ1n) is 10.1. The Bertz CT molecular complexity index is 761. The standard InChI is InChI=1S/C19H32N6O5S2/c1-10(2)15(20)18(28)25-14(8-31)17(27)23-12(4-5-32-3)16(26)24-13(19(29)30)6-11-7-21-9-22-11/h7,9-10,12-15,31H,4-6,8,20H2,1-3H3,(H,21,22)(H,23,27)(H,24,26)(H,25,28)(H,29,30). The number of nitrogens with zero attached hydrogens (tertiary/aromatic N) is 1. The average Bonchev–Trinajstić information content (AvgIpc) is 3.26. The molecule has 3 amide bonds. The van der Waals surface area contributed by atoms with Gasteiger partial charge in [0.05, 0.1) is 12.4 Å². The molecule has 0 aromatic carbocycles. The number of hydrogen-bond acceptors (Lipinski definition) is 8. The van der Waals surface area contributed by atoms with Crippen LogP contribution in [0, 0.1) is 5.92 Å². The van der Waals surface area contributed by atoms with E-state index in [-0.39, 0.29) is 24.5 Å². The smallest absolute Gasteiger partial charge is 0.326 e. The highest BCUT2D eigenvalue weighted by atomic mass is 32.2. The number of thioether (sulfide) groups is 1. The second-order valence-electron chi connectivity index (χ2n) is 7.54. The van der Waals surface area contributed by atoms with Crippen LogP contribution in [0.5, 0.6) is 0 Å². The van der Waals surface area contributed by atoms with E-state index in [1.807, 2.05) is 6.26 Å². The lowest BCUT2D eigenvalue weighted by Crippen LogP contribution is -2.58. The number of aromatic amines is 1. The van der Waals surface area contributed by atoms with Crippen molar-refractivity contribution in [2.45, 2.75) is 50.9 Å². The van der Waals surface area contributed by atoms with Gasteiger partial charge in [-0.25, -0.2) is 9.78 Å². The summed E-state index contributed by atoms with van der Waals surface area (Å²) in [5, 5.41) is 17.1. The normalized spacial score (nSPS) is 14.8. The molecule has 11 nitrogen and oxygen atoms in total. The first-order valence-corrected chi connectivity index (χ1v) is 12.1. The summed E-state index contributed by atoms with van der Waals surface area (Å²) in [5.41, 5.74) is 6.36. The fourth-order valence-corrected chi connectivity index (χ4v) is 3.36. The second kappa shape index (κ2) is 14.0. The van der Waals surface area contributed by atoms with Crippen LogP contribution in [0.2, 0.25) is 0 Å². The molecular weight excluding hydrogens is 456 g/mol. The molecule has 0 saturated carbocycles. The molecule has 180 valence electrons. The Morgan fingerprint density at radius 3 is 2.22 bits per heavy atom. The largest absolute Gasteiger partial charge is 0.480 e. The van der Waals surface area contributed by atoms with Crippen LogP contribution >= 0.6 is 24.4 Å². The number of nitrogens with two attached hydrogens (primary N) is 1. The minimum Gasteiger partial charge on any atom is -0.480 e. The van der Waals surface area contributed by atoms with Crippen molar-refractivity contribution in [2.24, 2.45) is 11.7 Å². The Morgan fingerprint density at radius 2 is 1.72 bits per heavy atom. The molecule has 0 aliphatic carbocycles. The number of carbonyl (C=O) groups excluding carboxylic acids is 3. The maximum absolute atomic E-state index is 12.8. The molecule has 4 atom stereocenters. The SMILES string of the molecule is CSCCC(NC(=O)C(CS)NC(=O)C(N)C(C)C)C(=O)NC(Cc1cnc[nH]1)C(=O)O. The Kier molecular flexibility index (Phi) is 12.2. The highest BCUT2D eigenvalue weighted by molar-refractivity contribution is 7.98. The van der Waals surface area contributed by atoms with E-state index in [0.29, 0.717) is 11.4 Å². The van der Waals surface area contributed by atoms with Crippen LogP contribution in [-0.2, 0) is 25.6 Å². The summed E-state index contributed by atoms with van der Waals surface area (Å²) >= 11 is 5.59. The second-order valence-corrected chi connectivity index (χ2v) is 8.89. The number of nitrogens with one attached hydrogen (secondary N) is 4. The maximum Gasteiger partial charge on any atom is 0.326 e. The van der Waals surface area contributed by atoms with E-state index < -0.39 is 47.9 Å². The predicted molar refractivity (Wildman–Crippen MR) is 125 cm³/mol. The Labute approximate surface area is 196 Å². The molecule has 7 N–H and O–H groups in total. The van der Waals surface area contributed by atoms with Gasteiger partial charge in [0.15, 0.2) is 0 Å². The van der Waals surface area contributed by atoms with E-state index in [9.17, 15) is 24.3 Å². The van der Waals surface area contributed by atoms with Crippen molar-refractivity contribution in [3.63, 3.8) is 0 Å². The number of hydrogen-bond donors (Lipinski definition) is 7. The quantitative estimate of drug-likeness (QED) is 0.166. The number of amides is 3. The molecule has 1 aromatic heterocycles. The summed E-state index contributed by atoms with van der Waals surface area (Å²) in [5.74, 6) is -2.53. The summed E-state index contributed by atoms with van der Waals surface area (Å²) in [7, 11) is 0. The summed E-state index contributed by atoms with van der Waals surface area (Å²) in [4.78, 5) is 56.0. The van der Waals surface area contributed by atoms with Gasteiger partial charge in [-0.15, -0.1) is 0 Å². The number of aliphatic carboxylic acids is 1. The molecule has 32 heavy (non-hydrogen) atoms. The number of carboxylic acid groups (broad SMARTS) is 1. The third kappa shape index (κ3) is 9.09. The molecule has 1 rings (SSSR count). The molecular formula is C19H32N6O5S2. The van der Waals surface area contributed by atoms with Gasteiger partial charge in [-0.05, 0) is 24.3 Å². The Balaban J connectivity index is 2.85. The van der Waals surface area contributed by atoms with Crippen LogP contribution in [-0.4, -0.2) is 80.7 Å². The first-order chi connectivity index (χ1) is 15.1. The minimum absolute atomic E-state index is 0.00314. The summed E-state index contributed by atoms with van der Waals surface area (Å²) in [6, 6.07) is -3.99. The zero-order valence-electron chi connectivity index (χ0n) is 18.3. The average molecular weight is 489 g/mol. The number of imidazole rings is 1. The van der Waals surface area contributed by atoms with Crippen LogP contribution in [0.25, 0.3) is 0 Å². The molecule has 4 unspecified atom stereocenters. The lowest BCUT2D eigenvalue weighted by atomic mass is 10.0. The van der Waals surface area contributed by atoms with Crippen molar-refractivity contribution in [3.05, 3.63) is 18.2 Å². The van der Waals surface area contributed by atoms with Crippen molar-refractivity contribution in [2.75, 3.05) is 17.8 Å². The van der Waals surface area contributed by atoms with E-state index in [0.717, 1.165) is 0 Å². The van der Waals surface area contributed by atoms with E-state index in [1.54, 1.807) is 13.8 Å². The summed E-state index contributed by atoms with van der Waals surface area (Å²) in [6.45, 7) is 3.57. The van der Waals surface area contributed by atoms with Gasteiger partial charge in [-0.3, -0.25) is 14.4 Å². The number of aromatic nitrogens is 2. The van der Waals surface area contributed by atoms with Gasteiger partial charge in [-0.1, -0.05) is 13.8 Å². The van der Waals surface area contributed by atoms with Gasteiger partial charge in [-0.2, -0.15) is 24.4 Å². The lowest BCUT2D eigenvalue weighted by Gasteiger charge is -2.25. The van der Waals surface area contributed by atoms with Crippen molar-refractivity contribution in [3.8, 4) is 0 Å². The maximum atomic E-state index is 12.8. The summed E-state index contributed by atoms with van der Waals surface area (Å²) in [6.07, 6.45) is 5.01. The minimum atomic E-state index is -1.22. The molecule has 0 spiro atoms. The van der Waals surface area contributed by atoms with Crippen LogP contribution in [0.1, 0.15) is 26.0 Å². The van der Waals surface area contributed by atoms with Crippen molar-refractivity contribution < 1.29 is 24.3 Å². The molecule has 13 heteroatoms. The van der Waals surface area contributed by atoms with Crippen molar-refractivity contribution >= 4 is 48.1 Å². The molecule has 0 aliphatic rings. The van der Waals surface area contributed by atoms with Crippen LogP contribution in [0.15, 0.2) is 12.5 Å². The van der Waals surface area contributed by atoms with E-state index in [1.165, 1.54) is 24.3 Å². The third-order valence-corrected chi connectivity index (χ3v) is 5.68. The number of H-pyrrole nitrogens is 1. The van der Waals surface area contributed by atoms with Gasteiger partial charge in [0.25, 0.3) is 0 Å². The fourth-order valence-electron chi connectivity index (χ4n) is 2.63. The van der Waals surface area contributed by atoms with Gasteiger partial charge in [0.2, 0.25) is 17.7 Å². The topological polar surface area (TPSA) is 179 Å². The fraction of sp³-hybridized carbons (Fsp3) is 0.632. The Hall–Kier alpha value is -2.25. The first kappa shape index (κ1) is 27.8. The number of carboxylic acids is 1. The third-order valence-electron chi connectivity index (χ3n) is 4.67. The summed E-state index contributed by atoms with van der Waals surface area (Å²) < 4.78 is 0. The number of rotatable bonds is 14. The molecule has 0 radical (unpaired) electrons. The molecule has 0 aliphatic heterocycles. The van der Waals surface area contributed by atoms with Crippen LogP contribution < -0.4 is 21.7 Å². The molecule has 1 heterocycles. The monoisotopic (exact) mass is 488 g/mol. The van der Waals surface area contributed by atoms with E-state index in [4.69, 9.17) is 5.73 Å². The van der Waals surface area contributed by atoms with Gasteiger partial charge in [0.1, 0.15) is 18.1 Å². The molecule has 0 fully saturated rings. The highest BCUT2D eigenvalue weighted by Gasteiger charge is 2.30. The number of carbonyl (C=O) groups is 4. The van der Waals surface area contributed by atoms with Gasteiger partial charge >= 0.3 is 5.97 Å². The lowest BCUT2D eigenvalue weighted by molar-refractivity contribution is -0.142. The zero-order valence-corrected chi connectivity index (χ0v) is 20.0. The van der Waals surface area contributed by atoms with E-state index in [2.05, 4.69) is 38.5 Å².